The average Bonchev–Trinajstić information content (AvgIpc) is 2.55. The van der Waals surface area contributed by atoms with Crippen LogP contribution in [0.25, 0.3) is 0 Å². The molecule has 0 saturated carbocycles. The van der Waals surface area contributed by atoms with Crippen molar-refractivity contribution in [1.29, 1.82) is 5.26 Å². The highest BCUT2D eigenvalue weighted by molar-refractivity contribution is 6.70. The first-order valence-corrected chi connectivity index (χ1v) is 5.73. The van der Waals surface area contributed by atoms with Gasteiger partial charge in [0.1, 0.15) is 5.17 Å². The third-order valence-corrected chi connectivity index (χ3v) is 2.92. The number of allylic oxidation sites excluding steroid dienone is 1. The Morgan fingerprint density at radius 2 is 2.17 bits per heavy atom. The lowest BCUT2D eigenvalue weighted by molar-refractivity contribution is 1.25. The van der Waals surface area contributed by atoms with Crippen LogP contribution in [0.3, 0.4) is 0 Å². The summed E-state index contributed by atoms with van der Waals surface area (Å²) in [4.78, 5) is 12.9. The maximum atomic E-state index is 8.88. The van der Waals surface area contributed by atoms with E-state index in [4.69, 9.17) is 16.9 Å². The number of nitrogens with zero attached hydrogens (tertiary/aromatic N) is 4. The highest BCUT2D eigenvalue weighted by Gasteiger charge is 2.19. The van der Waals surface area contributed by atoms with Crippen LogP contribution in [0.4, 0.5) is 5.69 Å². The molecule has 1 aromatic carbocycles. The van der Waals surface area contributed by atoms with Crippen molar-refractivity contribution in [3.8, 4) is 6.07 Å². The van der Waals surface area contributed by atoms with Gasteiger partial charge < -0.3 is 0 Å². The Morgan fingerprint density at radius 1 is 1.28 bits per heavy atom. The minimum Gasteiger partial charge on any atom is -0.257 e. The van der Waals surface area contributed by atoms with E-state index in [1.54, 1.807) is 18.3 Å². The second kappa shape index (κ2) is 4.21. The molecule has 0 fully saturated rings. The Bertz CT molecular complexity index is 689. The van der Waals surface area contributed by atoms with E-state index in [-0.39, 0.29) is 0 Å². The molecular formula is C13H7ClN4. The molecule has 0 atom stereocenters. The lowest BCUT2D eigenvalue weighted by atomic mass is 10.0. The fourth-order valence-electron chi connectivity index (χ4n) is 1.86. The first kappa shape index (κ1) is 10.9. The van der Waals surface area contributed by atoms with E-state index in [1.165, 1.54) is 0 Å². The van der Waals surface area contributed by atoms with Gasteiger partial charge in [-0.1, -0.05) is 11.6 Å². The minimum absolute atomic E-state index is 0.365. The summed E-state index contributed by atoms with van der Waals surface area (Å²) in [5.41, 5.74) is 3.19. The number of aliphatic imine (C=N–C) groups is 3. The van der Waals surface area contributed by atoms with Gasteiger partial charge in [0, 0.05) is 12.6 Å². The lowest BCUT2D eigenvalue weighted by Crippen LogP contribution is -2.18. The molecule has 0 bridgehead atoms. The maximum absolute atomic E-state index is 8.88. The molecule has 2 aliphatic heterocycles. The highest BCUT2D eigenvalue weighted by atomic mass is 35.5. The standard InChI is InChI=1S/C13H7ClN4/c14-12-3-4-16-11-6-9-5-8(7-15)1-2-10(9)17-13(11)18-12/h1-5H,6H2. The Morgan fingerprint density at radius 3 is 3.00 bits per heavy atom. The van der Waals surface area contributed by atoms with Crippen LogP contribution in [0.1, 0.15) is 11.1 Å². The molecule has 4 nitrogen and oxygen atoms in total. The summed E-state index contributed by atoms with van der Waals surface area (Å²) in [6, 6.07) is 7.51. The maximum Gasteiger partial charge on any atom is 0.176 e. The number of hydrogen-bond acceptors (Lipinski definition) is 4. The van der Waals surface area contributed by atoms with Gasteiger partial charge in [0.2, 0.25) is 0 Å². The molecule has 0 spiro atoms. The van der Waals surface area contributed by atoms with Gasteiger partial charge in [0.25, 0.3) is 0 Å². The third kappa shape index (κ3) is 1.85. The molecule has 0 radical (unpaired) electrons. The highest BCUT2D eigenvalue weighted by Crippen LogP contribution is 2.27. The van der Waals surface area contributed by atoms with E-state index >= 15 is 0 Å². The van der Waals surface area contributed by atoms with Crippen LogP contribution in [-0.4, -0.2) is 16.7 Å². The molecule has 0 aliphatic carbocycles. The molecular weight excluding hydrogens is 248 g/mol. The number of halogens is 1. The Balaban J connectivity index is 2.15. The zero-order chi connectivity index (χ0) is 12.5. The summed E-state index contributed by atoms with van der Waals surface area (Å²) in [5.74, 6) is 0.544. The molecule has 0 unspecified atom stereocenters. The van der Waals surface area contributed by atoms with Crippen molar-refractivity contribution in [1.82, 2.24) is 0 Å². The summed E-state index contributed by atoms with van der Waals surface area (Å²) in [5, 5.41) is 9.25. The summed E-state index contributed by atoms with van der Waals surface area (Å²) >= 11 is 5.88. The summed E-state index contributed by atoms with van der Waals surface area (Å²) in [6.07, 6.45) is 3.85. The van der Waals surface area contributed by atoms with Crippen molar-refractivity contribution >= 4 is 34.0 Å². The van der Waals surface area contributed by atoms with Crippen LogP contribution in [0.15, 0.2) is 45.5 Å². The number of nitriles is 1. The molecule has 0 aromatic heterocycles. The quantitative estimate of drug-likeness (QED) is 0.702. The predicted molar refractivity (Wildman–Crippen MR) is 71.8 cm³/mol. The van der Waals surface area contributed by atoms with E-state index in [0.717, 1.165) is 17.0 Å². The predicted octanol–water partition coefficient (Wildman–Crippen LogP) is 2.75. The molecule has 0 saturated heterocycles. The smallest absolute Gasteiger partial charge is 0.176 e. The first-order chi connectivity index (χ1) is 8.76. The fourth-order valence-corrected chi connectivity index (χ4v) is 2.00. The molecule has 3 rings (SSSR count). The Kier molecular flexibility index (Phi) is 2.54. The van der Waals surface area contributed by atoms with Crippen molar-refractivity contribution in [2.75, 3.05) is 0 Å². The summed E-state index contributed by atoms with van der Waals surface area (Å²) < 4.78 is 0. The SMILES string of the molecule is N#Cc1ccc2c(c1)CC1=NC=CC(Cl)=NC1=N2. The normalized spacial score (nSPS) is 16.6. The van der Waals surface area contributed by atoms with Gasteiger partial charge in [-0.05, 0) is 29.8 Å². The molecule has 0 amide bonds. The van der Waals surface area contributed by atoms with Gasteiger partial charge in [-0.25, -0.2) is 9.98 Å². The van der Waals surface area contributed by atoms with E-state index in [1.807, 2.05) is 12.1 Å². The minimum atomic E-state index is 0.365. The average molecular weight is 255 g/mol. The molecule has 2 aliphatic rings. The van der Waals surface area contributed by atoms with Gasteiger partial charge in [-0.15, -0.1) is 0 Å². The van der Waals surface area contributed by atoms with E-state index in [0.29, 0.717) is 23.0 Å². The van der Waals surface area contributed by atoms with E-state index in [9.17, 15) is 0 Å². The van der Waals surface area contributed by atoms with Crippen LogP contribution < -0.4 is 0 Å². The van der Waals surface area contributed by atoms with Crippen molar-refractivity contribution in [2.45, 2.75) is 6.42 Å². The molecule has 5 heteroatoms. The van der Waals surface area contributed by atoms with Crippen LogP contribution >= 0.6 is 11.6 Å². The van der Waals surface area contributed by atoms with Gasteiger partial charge in [0.05, 0.1) is 23.0 Å². The van der Waals surface area contributed by atoms with Crippen LogP contribution in [0.5, 0.6) is 0 Å². The van der Waals surface area contributed by atoms with Crippen molar-refractivity contribution in [2.24, 2.45) is 15.0 Å². The van der Waals surface area contributed by atoms with Gasteiger partial charge in [-0.2, -0.15) is 5.26 Å². The summed E-state index contributed by atoms with van der Waals surface area (Å²) in [6.45, 7) is 0. The second-order valence-corrected chi connectivity index (χ2v) is 4.28. The monoisotopic (exact) mass is 254 g/mol. The van der Waals surface area contributed by atoms with Crippen LogP contribution in [0, 0.1) is 11.3 Å². The van der Waals surface area contributed by atoms with Crippen LogP contribution in [-0.2, 0) is 6.42 Å². The summed E-state index contributed by atoms with van der Waals surface area (Å²) in [7, 11) is 0. The van der Waals surface area contributed by atoms with Crippen molar-refractivity contribution in [3.63, 3.8) is 0 Å². The lowest BCUT2D eigenvalue weighted by Gasteiger charge is -2.14. The topological polar surface area (TPSA) is 60.9 Å². The Labute approximate surface area is 109 Å². The van der Waals surface area contributed by atoms with Gasteiger partial charge in [0.15, 0.2) is 5.84 Å². The number of rotatable bonds is 0. The van der Waals surface area contributed by atoms with Crippen molar-refractivity contribution < 1.29 is 0 Å². The molecule has 0 N–H and O–H groups in total. The number of fused-ring (bicyclic) bond motifs is 2. The number of benzene rings is 1. The van der Waals surface area contributed by atoms with Gasteiger partial charge in [-0.3, -0.25) is 4.99 Å². The van der Waals surface area contributed by atoms with E-state index in [2.05, 4.69) is 21.0 Å². The molecule has 2 heterocycles. The number of amidine groups is 1. The van der Waals surface area contributed by atoms with E-state index < -0.39 is 0 Å². The van der Waals surface area contributed by atoms with Gasteiger partial charge >= 0.3 is 0 Å². The Hall–Kier alpha value is -2.25. The third-order valence-electron chi connectivity index (χ3n) is 2.71. The number of hydrogen-bond donors (Lipinski definition) is 0. The molecule has 86 valence electrons. The molecule has 1 aromatic rings. The molecule has 18 heavy (non-hydrogen) atoms. The first-order valence-electron chi connectivity index (χ1n) is 5.36. The second-order valence-electron chi connectivity index (χ2n) is 3.89. The van der Waals surface area contributed by atoms with Crippen molar-refractivity contribution in [3.05, 3.63) is 41.6 Å². The van der Waals surface area contributed by atoms with Crippen LogP contribution in [0.2, 0.25) is 0 Å². The zero-order valence-corrected chi connectivity index (χ0v) is 10.0. The fraction of sp³-hybridized carbons (Fsp3) is 0.0769. The zero-order valence-electron chi connectivity index (χ0n) is 9.26. The largest absolute Gasteiger partial charge is 0.257 e.